The molecular formula is C22H22N6O4. The minimum absolute atomic E-state index is 0.0708. The number of hydrogen-bond acceptors (Lipinski definition) is 5. The number of carbonyl (C=O) groups excluding carboxylic acids is 2. The second kappa shape index (κ2) is 8.14. The number of benzene rings is 2. The highest BCUT2D eigenvalue weighted by Crippen LogP contribution is 2.14. The molecule has 4 rings (SSSR count). The minimum Gasteiger partial charge on any atom is -0.350 e. The molecule has 164 valence electrons. The molecule has 0 fully saturated rings. The average molecular weight is 434 g/mol. The highest BCUT2D eigenvalue weighted by molar-refractivity contribution is 5.98. The molecule has 2 aromatic carbocycles. The van der Waals surface area contributed by atoms with Crippen molar-refractivity contribution in [2.24, 2.45) is 7.05 Å². The molecular weight excluding hydrogens is 412 g/mol. The van der Waals surface area contributed by atoms with Crippen LogP contribution in [0.4, 0.5) is 5.69 Å². The maximum atomic E-state index is 13.1. The van der Waals surface area contributed by atoms with E-state index < -0.39 is 11.6 Å². The van der Waals surface area contributed by atoms with E-state index in [2.05, 4.69) is 15.7 Å². The lowest BCUT2D eigenvalue weighted by atomic mass is 10.1. The van der Waals surface area contributed by atoms with Gasteiger partial charge in [-0.3, -0.25) is 19.0 Å². The Labute approximate surface area is 182 Å². The van der Waals surface area contributed by atoms with E-state index in [9.17, 15) is 19.2 Å². The van der Waals surface area contributed by atoms with E-state index in [4.69, 9.17) is 0 Å². The molecule has 0 saturated carbocycles. The summed E-state index contributed by atoms with van der Waals surface area (Å²) in [6, 6.07) is 13.3. The lowest BCUT2D eigenvalue weighted by molar-refractivity contribution is -0.117. The number of aryl methyl sites for hydroxylation is 1. The number of para-hydroxylation sites is 1. The molecule has 32 heavy (non-hydrogen) atoms. The molecule has 0 spiro atoms. The van der Waals surface area contributed by atoms with Gasteiger partial charge in [0.25, 0.3) is 11.5 Å². The van der Waals surface area contributed by atoms with Crippen molar-refractivity contribution in [2.75, 3.05) is 5.32 Å². The SMILES string of the molecule is CC(C)NC(=O)c1ccc2c(=O)n(C)c3nn(CC(=O)Nc4ccccc4)c(=O)n3c2c1. The van der Waals surface area contributed by atoms with Crippen molar-refractivity contribution < 1.29 is 9.59 Å². The molecule has 2 heterocycles. The van der Waals surface area contributed by atoms with Gasteiger partial charge in [-0.05, 0) is 44.2 Å². The van der Waals surface area contributed by atoms with Gasteiger partial charge in [0.15, 0.2) is 0 Å². The number of carbonyl (C=O) groups is 2. The Bertz CT molecular complexity index is 1460. The summed E-state index contributed by atoms with van der Waals surface area (Å²) in [5, 5.41) is 9.94. The molecule has 0 radical (unpaired) electrons. The van der Waals surface area contributed by atoms with E-state index in [1.54, 1.807) is 24.3 Å². The molecule has 0 saturated heterocycles. The van der Waals surface area contributed by atoms with Gasteiger partial charge >= 0.3 is 5.69 Å². The third kappa shape index (κ3) is 3.78. The molecule has 0 aliphatic heterocycles. The summed E-state index contributed by atoms with van der Waals surface area (Å²) in [5.41, 5.74) is 0.189. The monoisotopic (exact) mass is 434 g/mol. The second-order valence-electron chi connectivity index (χ2n) is 7.71. The van der Waals surface area contributed by atoms with Crippen LogP contribution in [-0.2, 0) is 18.4 Å². The fourth-order valence-electron chi connectivity index (χ4n) is 3.44. The molecule has 10 heteroatoms. The zero-order chi connectivity index (χ0) is 23.0. The average Bonchev–Trinajstić information content (AvgIpc) is 3.08. The Kier molecular flexibility index (Phi) is 5.35. The molecule has 2 amide bonds. The van der Waals surface area contributed by atoms with E-state index in [1.807, 2.05) is 19.9 Å². The van der Waals surface area contributed by atoms with Crippen LogP contribution in [0.25, 0.3) is 16.7 Å². The Morgan fingerprint density at radius 1 is 1.06 bits per heavy atom. The van der Waals surface area contributed by atoms with Crippen LogP contribution in [0.3, 0.4) is 0 Å². The zero-order valence-electron chi connectivity index (χ0n) is 17.8. The van der Waals surface area contributed by atoms with Crippen LogP contribution >= 0.6 is 0 Å². The first-order valence-electron chi connectivity index (χ1n) is 10.0. The number of nitrogens with one attached hydrogen (secondary N) is 2. The fraction of sp³-hybridized carbons (Fsp3) is 0.227. The van der Waals surface area contributed by atoms with E-state index in [1.165, 1.54) is 34.2 Å². The van der Waals surface area contributed by atoms with Gasteiger partial charge in [-0.2, -0.15) is 0 Å². The van der Waals surface area contributed by atoms with E-state index in [0.717, 1.165) is 4.68 Å². The molecule has 0 atom stereocenters. The first-order chi connectivity index (χ1) is 15.3. The Hall–Kier alpha value is -4.21. The van der Waals surface area contributed by atoms with Gasteiger partial charge in [-0.1, -0.05) is 18.2 Å². The Balaban J connectivity index is 1.81. The maximum Gasteiger partial charge on any atom is 0.352 e. The van der Waals surface area contributed by atoms with Crippen molar-refractivity contribution in [3.63, 3.8) is 0 Å². The normalized spacial score (nSPS) is 11.2. The Morgan fingerprint density at radius 2 is 1.78 bits per heavy atom. The molecule has 4 aromatic rings. The van der Waals surface area contributed by atoms with Gasteiger partial charge in [-0.15, -0.1) is 5.10 Å². The van der Waals surface area contributed by atoms with Crippen LogP contribution in [0.1, 0.15) is 24.2 Å². The smallest absolute Gasteiger partial charge is 0.350 e. The van der Waals surface area contributed by atoms with E-state index in [0.29, 0.717) is 11.3 Å². The number of hydrogen-bond donors (Lipinski definition) is 2. The molecule has 0 bridgehead atoms. The summed E-state index contributed by atoms with van der Waals surface area (Å²) < 4.78 is 3.47. The van der Waals surface area contributed by atoms with Gasteiger partial charge in [0.1, 0.15) is 6.54 Å². The summed E-state index contributed by atoms with van der Waals surface area (Å²) in [7, 11) is 1.50. The van der Waals surface area contributed by atoms with Crippen molar-refractivity contribution >= 4 is 34.2 Å². The number of fused-ring (bicyclic) bond motifs is 3. The first-order valence-corrected chi connectivity index (χ1v) is 10.0. The predicted octanol–water partition coefficient (Wildman–Crippen LogP) is 1.12. The highest BCUT2D eigenvalue weighted by atomic mass is 16.2. The third-order valence-electron chi connectivity index (χ3n) is 4.93. The fourth-order valence-corrected chi connectivity index (χ4v) is 3.44. The zero-order valence-corrected chi connectivity index (χ0v) is 17.8. The van der Waals surface area contributed by atoms with E-state index >= 15 is 0 Å². The maximum absolute atomic E-state index is 13.1. The van der Waals surface area contributed by atoms with Gasteiger partial charge < -0.3 is 10.6 Å². The quantitative estimate of drug-likeness (QED) is 0.488. The highest BCUT2D eigenvalue weighted by Gasteiger charge is 2.19. The van der Waals surface area contributed by atoms with Gasteiger partial charge in [0, 0.05) is 24.3 Å². The van der Waals surface area contributed by atoms with Gasteiger partial charge in [-0.25, -0.2) is 13.9 Å². The molecule has 0 aliphatic carbocycles. The van der Waals surface area contributed by atoms with Crippen molar-refractivity contribution in [2.45, 2.75) is 26.4 Å². The Morgan fingerprint density at radius 3 is 2.47 bits per heavy atom. The van der Waals surface area contributed by atoms with Crippen LogP contribution in [-0.4, -0.2) is 36.6 Å². The minimum atomic E-state index is -0.592. The summed E-state index contributed by atoms with van der Waals surface area (Å²) >= 11 is 0. The molecule has 0 aliphatic rings. The lowest BCUT2D eigenvalue weighted by Gasteiger charge is -2.10. The van der Waals surface area contributed by atoms with Gasteiger partial charge in [0.05, 0.1) is 10.9 Å². The van der Waals surface area contributed by atoms with Crippen LogP contribution in [0.2, 0.25) is 0 Å². The van der Waals surface area contributed by atoms with Crippen molar-refractivity contribution in [1.82, 2.24) is 24.1 Å². The topological polar surface area (TPSA) is 120 Å². The van der Waals surface area contributed by atoms with Crippen molar-refractivity contribution in [3.05, 3.63) is 74.9 Å². The first kappa shape index (κ1) is 21.0. The van der Waals surface area contributed by atoms with Crippen molar-refractivity contribution in [3.8, 4) is 0 Å². The molecule has 0 unspecified atom stereocenters. The number of amides is 2. The summed E-state index contributed by atoms with van der Waals surface area (Å²) in [6.07, 6.45) is 0. The predicted molar refractivity (Wildman–Crippen MR) is 120 cm³/mol. The summed E-state index contributed by atoms with van der Waals surface area (Å²) in [4.78, 5) is 50.8. The van der Waals surface area contributed by atoms with Crippen LogP contribution < -0.4 is 21.9 Å². The van der Waals surface area contributed by atoms with Gasteiger partial charge in [0.2, 0.25) is 11.7 Å². The number of nitrogens with zero attached hydrogens (tertiary/aromatic N) is 4. The number of anilines is 1. The standard InChI is InChI=1S/C22H22N6O4/c1-13(2)23-19(30)14-9-10-16-17(11-14)28-21(26(3)20(16)31)25-27(22(28)32)12-18(29)24-15-7-5-4-6-8-15/h4-11,13H,12H2,1-3H3,(H,23,30)(H,24,29). The van der Waals surface area contributed by atoms with Crippen LogP contribution in [0.5, 0.6) is 0 Å². The summed E-state index contributed by atoms with van der Waals surface area (Å²) in [6.45, 7) is 3.34. The molecule has 10 nitrogen and oxygen atoms in total. The van der Waals surface area contributed by atoms with Crippen LogP contribution in [0.15, 0.2) is 58.1 Å². The lowest BCUT2D eigenvalue weighted by Crippen LogP contribution is -2.31. The largest absolute Gasteiger partial charge is 0.352 e. The molecule has 2 aromatic heterocycles. The number of aromatic nitrogens is 4. The molecule has 2 N–H and O–H groups in total. The summed E-state index contributed by atoms with van der Waals surface area (Å²) in [5.74, 6) is -0.687. The van der Waals surface area contributed by atoms with E-state index in [-0.39, 0.29) is 40.7 Å². The van der Waals surface area contributed by atoms with Crippen molar-refractivity contribution in [1.29, 1.82) is 0 Å². The van der Waals surface area contributed by atoms with Crippen LogP contribution in [0, 0.1) is 0 Å². The third-order valence-corrected chi connectivity index (χ3v) is 4.93. The number of rotatable bonds is 5. The second-order valence-corrected chi connectivity index (χ2v) is 7.71.